The highest BCUT2D eigenvalue weighted by molar-refractivity contribution is 5.76. The van der Waals surface area contributed by atoms with Gasteiger partial charge in [0.05, 0.1) is 6.07 Å². The predicted octanol–water partition coefficient (Wildman–Crippen LogP) is 2.26. The number of nitrogens with zero attached hydrogens (tertiary/aromatic N) is 2. The first-order valence-corrected chi connectivity index (χ1v) is 5.01. The molecule has 0 aliphatic rings. The third kappa shape index (κ3) is 2.37. The molecule has 84 valence electrons. The first kappa shape index (κ1) is 12.2. The highest BCUT2D eigenvalue weighted by Crippen LogP contribution is 2.21. The van der Waals surface area contributed by atoms with Gasteiger partial charge >= 0.3 is 0 Å². The maximum atomic E-state index is 13.5. The van der Waals surface area contributed by atoms with Gasteiger partial charge in [0.1, 0.15) is 11.9 Å². The molecule has 0 N–H and O–H groups in total. The largest absolute Gasteiger partial charge is 0.326 e. The molecule has 16 heavy (non-hydrogen) atoms. The summed E-state index contributed by atoms with van der Waals surface area (Å²) >= 11 is 0. The van der Waals surface area contributed by atoms with E-state index in [9.17, 15) is 9.18 Å². The van der Waals surface area contributed by atoms with Crippen LogP contribution in [0, 0.1) is 17.1 Å². The maximum absolute atomic E-state index is 13.5. The second-order valence-corrected chi connectivity index (χ2v) is 3.41. The van der Waals surface area contributed by atoms with E-state index in [0.29, 0.717) is 6.42 Å². The van der Waals surface area contributed by atoms with E-state index in [2.05, 4.69) is 0 Å². The number of hydrogen-bond donors (Lipinski definition) is 0. The molecule has 1 amide bonds. The summed E-state index contributed by atoms with van der Waals surface area (Å²) in [6.45, 7) is 1.70. The molecule has 1 atom stereocenters. The lowest BCUT2D eigenvalue weighted by molar-refractivity contribution is -0.130. The second kappa shape index (κ2) is 5.26. The number of amides is 1. The number of carbonyl (C=O) groups is 1. The summed E-state index contributed by atoms with van der Waals surface area (Å²) in [7, 11) is 1.51. The minimum atomic E-state index is -0.867. The molecule has 0 aromatic heterocycles. The summed E-state index contributed by atoms with van der Waals surface area (Å²) < 4.78 is 13.5. The summed E-state index contributed by atoms with van der Waals surface area (Å²) in [5, 5.41) is 9.01. The number of benzene rings is 1. The van der Waals surface area contributed by atoms with Gasteiger partial charge in [-0.1, -0.05) is 25.1 Å². The van der Waals surface area contributed by atoms with Crippen LogP contribution in [0.25, 0.3) is 0 Å². The fourth-order valence-corrected chi connectivity index (χ4v) is 1.46. The molecule has 1 aromatic rings. The summed E-state index contributed by atoms with van der Waals surface area (Å²) in [6, 6.07) is 7.07. The molecule has 1 unspecified atom stereocenters. The van der Waals surface area contributed by atoms with Crippen molar-refractivity contribution in [3.63, 3.8) is 0 Å². The van der Waals surface area contributed by atoms with E-state index in [1.165, 1.54) is 24.1 Å². The number of carbonyl (C=O) groups excluding carboxylic acids is 1. The molecule has 0 saturated heterocycles. The number of rotatable bonds is 3. The fraction of sp³-hybridized carbons (Fsp3) is 0.333. The topological polar surface area (TPSA) is 44.1 Å². The molecule has 0 radical (unpaired) electrons. The predicted molar refractivity (Wildman–Crippen MR) is 57.8 cm³/mol. The third-order valence-electron chi connectivity index (χ3n) is 2.41. The Morgan fingerprint density at radius 1 is 1.56 bits per heavy atom. The Kier molecular flexibility index (Phi) is 4.01. The molecule has 0 fully saturated rings. The lowest BCUT2D eigenvalue weighted by Crippen LogP contribution is -2.30. The van der Waals surface area contributed by atoms with Gasteiger partial charge in [-0.15, -0.1) is 0 Å². The van der Waals surface area contributed by atoms with Gasteiger partial charge in [0, 0.05) is 19.0 Å². The molecule has 1 aromatic carbocycles. The van der Waals surface area contributed by atoms with Crippen LogP contribution in [0.1, 0.15) is 24.9 Å². The highest BCUT2D eigenvalue weighted by atomic mass is 19.1. The molecule has 3 nitrogen and oxygen atoms in total. The Hall–Kier alpha value is -1.89. The Balaban J connectivity index is 3.05. The van der Waals surface area contributed by atoms with Gasteiger partial charge in [-0.05, 0) is 6.07 Å². The van der Waals surface area contributed by atoms with Gasteiger partial charge in [-0.2, -0.15) is 5.26 Å². The van der Waals surface area contributed by atoms with Gasteiger partial charge in [-0.25, -0.2) is 4.39 Å². The molecule has 0 aliphatic carbocycles. The summed E-state index contributed by atoms with van der Waals surface area (Å²) in [5.41, 5.74) is 0.231. The first-order chi connectivity index (χ1) is 7.61. The lowest BCUT2D eigenvalue weighted by atomic mass is 10.1. The van der Waals surface area contributed by atoms with Crippen LogP contribution in [0.5, 0.6) is 0 Å². The van der Waals surface area contributed by atoms with Gasteiger partial charge in [0.2, 0.25) is 5.91 Å². The Morgan fingerprint density at radius 3 is 2.69 bits per heavy atom. The summed E-state index contributed by atoms with van der Waals surface area (Å²) in [4.78, 5) is 12.7. The quantitative estimate of drug-likeness (QED) is 0.784. The Morgan fingerprint density at radius 2 is 2.19 bits per heavy atom. The normalized spacial score (nSPS) is 11.6. The van der Waals surface area contributed by atoms with Crippen LogP contribution in [0.15, 0.2) is 24.3 Å². The van der Waals surface area contributed by atoms with Crippen molar-refractivity contribution >= 4 is 5.91 Å². The summed E-state index contributed by atoms with van der Waals surface area (Å²) in [6.07, 6.45) is 0.295. The highest BCUT2D eigenvalue weighted by Gasteiger charge is 2.22. The second-order valence-electron chi connectivity index (χ2n) is 3.41. The minimum absolute atomic E-state index is 0.185. The smallest absolute Gasteiger partial charge is 0.223 e. The van der Waals surface area contributed by atoms with Crippen molar-refractivity contribution in [3.05, 3.63) is 35.6 Å². The molecule has 0 spiro atoms. The lowest BCUT2D eigenvalue weighted by Gasteiger charge is -2.22. The molecule has 4 heteroatoms. The van der Waals surface area contributed by atoms with Gasteiger partial charge in [0.25, 0.3) is 0 Å². The Labute approximate surface area is 94.1 Å². The van der Waals surface area contributed by atoms with Crippen LogP contribution >= 0.6 is 0 Å². The fourth-order valence-electron chi connectivity index (χ4n) is 1.46. The van der Waals surface area contributed by atoms with Crippen molar-refractivity contribution in [1.82, 2.24) is 4.90 Å². The third-order valence-corrected chi connectivity index (χ3v) is 2.41. The van der Waals surface area contributed by atoms with E-state index in [1.807, 2.05) is 6.07 Å². The monoisotopic (exact) mass is 220 g/mol. The molecular weight excluding hydrogens is 207 g/mol. The van der Waals surface area contributed by atoms with Crippen molar-refractivity contribution in [2.45, 2.75) is 19.4 Å². The van der Waals surface area contributed by atoms with Gasteiger partial charge < -0.3 is 4.90 Å². The van der Waals surface area contributed by atoms with E-state index in [1.54, 1.807) is 19.1 Å². The molecule has 0 saturated carbocycles. The molecular formula is C12H13FN2O. The minimum Gasteiger partial charge on any atom is -0.326 e. The molecule has 0 heterocycles. The zero-order valence-corrected chi connectivity index (χ0v) is 9.27. The van der Waals surface area contributed by atoms with Crippen LogP contribution in [-0.4, -0.2) is 17.9 Å². The molecule has 1 rings (SSSR count). The summed E-state index contributed by atoms with van der Waals surface area (Å²) in [5.74, 6) is -0.653. The van der Waals surface area contributed by atoms with Crippen molar-refractivity contribution < 1.29 is 9.18 Å². The maximum Gasteiger partial charge on any atom is 0.223 e. The van der Waals surface area contributed by atoms with Crippen LogP contribution < -0.4 is 0 Å². The van der Waals surface area contributed by atoms with E-state index in [-0.39, 0.29) is 11.5 Å². The van der Waals surface area contributed by atoms with Crippen LogP contribution in [0.2, 0.25) is 0 Å². The van der Waals surface area contributed by atoms with Crippen LogP contribution in [0.4, 0.5) is 4.39 Å². The van der Waals surface area contributed by atoms with Crippen LogP contribution in [0.3, 0.4) is 0 Å². The van der Waals surface area contributed by atoms with Crippen molar-refractivity contribution in [2.75, 3.05) is 7.05 Å². The molecule has 0 aliphatic heterocycles. The SMILES string of the molecule is CCC(=O)N(C)C(C#N)c1ccccc1F. The van der Waals surface area contributed by atoms with E-state index in [0.717, 1.165) is 0 Å². The van der Waals surface area contributed by atoms with Gasteiger partial charge in [0.15, 0.2) is 0 Å². The van der Waals surface area contributed by atoms with Gasteiger partial charge in [-0.3, -0.25) is 4.79 Å². The van der Waals surface area contributed by atoms with Crippen molar-refractivity contribution in [1.29, 1.82) is 5.26 Å². The molecule has 0 bridgehead atoms. The zero-order chi connectivity index (χ0) is 12.1. The van der Waals surface area contributed by atoms with Crippen LogP contribution in [-0.2, 0) is 4.79 Å². The number of halogens is 1. The first-order valence-electron chi connectivity index (χ1n) is 5.01. The average molecular weight is 220 g/mol. The van der Waals surface area contributed by atoms with E-state index < -0.39 is 11.9 Å². The number of nitriles is 1. The van der Waals surface area contributed by atoms with Crippen molar-refractivity contribution in [3.8, 4) is 6.07 Å². The van der Waals surface area contributed by atoms with Crippen molar-refractivity contribution in [2.24, 2.45) is 0 Å². The standard InChI is InChI=1S/C12H13FN2O/c1-3-12(16)15(2)11(8-14)9-6-4-5-7-10(9)13/h4-7,11H,3H2,1-2H3. The number of hydrogen-bond acceptors (Lipinski definition) is 2. The Bertz CT molecular complexity index is 425. The van der Waals surface area contributed by atoms with E-state index in [4.69, 9.17) is 5.26 Å². The zero-order valence-electron chi connectivity index (χ0n) is 9.27. The average Bonchev–Trinajstić information content (AvgIpc) is 2.31. The van der Waals surface area contributed by atoms with E-state index >= 15 is 0 Å².